The molecule has 4 heteroatoms. The van der Waals surface area contributed by atoms with Gasteiger partial charge in [0.2, 0.25) is 5.91 Å². The molecule has 1 saturated heterocycles. The van der Waals surface area contributed by atoms with Crippen LogP contribution in [0.5, 0.6) is 0 Å². The van der Waals surface area contributed by atoms with Gasteiger partial charge in [-0.15, -0.1) is 0 Å². The van der Waals surface area contributed by atoms with Crippen LogP contribution in [-0.4, -0.2) is 48.1 Å². The van der Waals surface area contributed by atoms with Crippen LogP contribution in [0.2, 0.25) is 0 Å². The summed E-state index contributed by atoms with van der Waals surface area (Å²) in [6.45, 7) is 8.84. The second-order valence-electron chi connectivity index (χ2n) is 6.38. The van der Waals surface area contributed by atoms with Crippen LogP contribution in [0.3, 0.4) is 0 Å². The maximum atomic E-state index is 11.7. The molecular weight excluding hydrogens is 214 g/mol. The Morgan fingerprint density at radius 3 is 2.59 bits per heavy atom. The number of nitrogens with zero attached hydrogens (tertiary/aromatic N) is 1. The third-order valence-corrected chi connectivity index (χ3v) is 3.43. The molecule has 1 heterocycles. The smallest absolute Gasteiger partial charge is 0.234 e. The van der Waals surface area contributed by atoms with Crippen molar-refractivity contribution < 1.29 is 4.79 Å². The summed E-state index contributed by atoms with van der Waals surface area (Å²) < 4.78 is 0. The van der Waals surface area contributed by atoms with E-state index >= 15 is 0 Å². The van der Waals surface area contributed by atoms with E-state index in [1.165, 1.54) is 12.8 Å². The van der Waals surface area contributed by atoms with Gasteiger partial charge >= 0.3 is 0 Å². The van der Waals surface area contributed by atoms with Crippen molar-refractivity contribution >= 4 is 5.91 Å². The number of carbonyl (C=O) groups is 1. The van der Waals surface area contributed by atoms with E-state index in [1.807, 2.05) is 0 Å². The summed E-state index contributed by atoms with van der Waals surface area (Å²) in [4.78, 5) is 14.3. The van der Waals surface area contributed by atoms with E-state index in [0.29, 0.717) is 12.6 Å². The third-order valence-electron chi connectivity index (χ3n) is 3.43. The Hall–Kier alpha value is -0.610. The number of hydrogen-bond donors (Lipinski definition) is 2. The van der Waals surface area contributed by atoms with Gasteiger partial charge in [-0.1, -0.05) is 0 Å². The number of carbonyl (C=O) groups excluding carboxylic acids is 1. The van der Waals surface area contributed by atoms with Crippen molar-refractivity contribution in [1.82, 2.24) is 15.5 Å². The van der Waals surface area contributed by atoms with Crippen molar-refractivity contribution in [3.05, 3.63) is 0 Å². The first-order valence-electron chi connectivity index (χ1n) is 6.72. The summed E-state index contributed by atoms with van der Waals surface area (Å²) in [6, 6.07) is 1.19. The van der Waals surface area contributed by atoms with Crippen LogP contribution in [0, 0.1) is 0 Å². The number of likely N-dealkylation sites (tertiary alicyclic amines) is 1. The fourth-order valence-electron chi connectivity index (χ4n) is 2.30. The highest BCUT2D eigenvalue weighted by Gasteiger charge is 2.34. The molecule has 1 unspecified atom stereocenters. The average molecular weight is 239 g/mol. The van der Waals surface area contributed by atoms with Gasteiger partial charge in [0.1, 0.15) is 0 Å². The zero-order valence-corrected chi connectivity index (χ0v) is 11.3. The van der Waals surface area contributed by atoms with Crippen molar-refractivity contribution in [2.45, 2.75) is 57.7 Å². The van der Waals surface area contributed by atoms with E-state index in [1.54, 1.807) is 0 Å². The highest BCUT2D eigenvalue weighted by Crippen LogP contribution is 2.29. The summed E-state index contributed by atoms with van der Waals surface area (Å²) in [5.74, 6) is 0.127. The highest BCUT2D eigenvalue weighted by atomic mass is 16.2. The van der Waals surface area contributed by atoms with Crippen LogP contribution in [-0.2, 0) is 4.79 Å². The first-order chi connectivity index (χ1) is 7.94. The van der Waals surface area contributed by atoms with Crippen LogP contribution in [0.1, 0.15) is 40.0 Å². The molecule has 0 aromatic carbocycles. The summed E-state index contributed by atoms with van der Waals surface area (Å²) in [6.07, 6.45) is 3.82. The number of amides is 1. The Morgan fingerprint density at radius 2 is 2.00 bits per heavy atom. The zero-order valence-electron chi connectivity index (χ0n) is 11.3. The molecule has 0 aromatic rings. The Balaban J connectivity index is 1.65. The number of rotatable bonds is 4. The van der Waals surface area contributed by atoms with E-state index in [0.717, 1.165) is 25.6 Å². The molecule has 0 radical (unpaired) electrons. The molecule has 1 amide bonds. The monoisotopic (exact) mass is 239 g/mol. The molecular formula is C13H25N3O. The van der Waals surface area contributed by atoms with E-state index < -0.39 is 0 Å². The van der Waals surface area contributed by atoms with Gasteiger partial charge in [-0.2, -0.15) is 0 Å². The molecule has 98 valence electrons. The molecule has 1 aliphatic carbocycles. The van der Waals surface area contributed by atoms with E-state index in [2.05, 4.69) is 36.3 Å². The minimum absolute atomic E-state index is 0.00701. The Kier molecular flexibility index (Phi) is 3.73. The molecule has 2 rings (SSSR count). The van der Waals surface area contributed by atoms with Gasteiger partial charge in [0.15, 0.2) is 0 Å². The molecule has 2 fully saturated rings. The summed E-state index contributed by atoms with van der Waals surface area (Å²) >= 11 is 0. The predicted octanol–water partition coefficient (Wildman–Crippen LogP) is 0.727. The first-order valence-corrected chi connectivity index (χ1v) is 6.72. The van der Waals surface area contributed by atoms with Crippen molar-refractivity contribution in [2.75, 3.05) is 19.6 Å². The quantitative estimate of drug-likeness (QED) is 0.760. The van der Waals surface area contributed by atoms with Crippen molar-refractivity contribution in [2.24, 2.45) is 0 Å². The van der Waals surface area contributed by atoms with Gasteiger partial charge in [-0.3, -0.25) is 9.69 Å². The predicted molar refractivity (Wildman–Crippen MR) is 68.9 cm³/mol. The number of nitrogens with one attached hydrogen (secondary N) is 2. The van der Waals surface area contributed by atoms with E-state index in [4.69, 9.17) is 0 Å². The van der Waals surface area contributed by atoms with Crippen LogP contribution in [0.25, 0.3) is 0 Å². The van der Waals surface area contributed by atoms with Gasteiger partial charge in [-0.05, 0) is 40.0 Å². The lowest BCUT2D eigenvalue weighted by molar-refractivity contribution is -0.121. The van der Waals surface area contributed by atoms with Crippen LogP contribution in [0.15, 0.2) is 0 Å². The third kappa shape index (κ3) is 4.28. The summed E-state index contributed by atoms with van der Waals surface area (Å²) in [7, 11) is 0. The van der Waals surface area contributed by atoms with Gasteiger partial charge in [0, 0.05) is 30.7 Å². The Labute approximate surface area is 104 Å². The normalized spacial score (nSPS) is 26.2. The standard InChI is InChI=1S/C13H25N3O/c1-13(2,3)14-8-12(17)15-10-6-7-16(9-10)11-4-5-11/h10-11,14H,4-9H2,1-3H3,(H,15,17). The SMILES string of the molecule is CC(C)(C)NCC(=O)NC1CCN(C2CC2)C1. The van der Waals surface area contributed by atoms with Crippen molar-refractivity contribution in [1.29, 1.82) is 0 Å². The lowest BCUT2D eigenvalue weighted by Gasteiger charge is -2.21. The summed E-state index contributed by atoms with van der Waals surface area (Å²) in [5, 5.41) is 6.34. The molecule has 2 aliphatic rings. The van der Waals surface area contributed by atoms with Gasteiger partial charge in [0.05, 0.1) is 6.54 Å². The van der Waals surface area contributed by atoms with Crippen LogP contribution in [0.4, 0.5) is 0 Å². The van der Waals surface area contributed by atoms with Crippen molar-refractivity contribution in [3.63, 3.8) is 0 Å². The number of hydrogen-bond acceptors (Lipinski definition) is 3. The second kappa shape index (κ2) is 4.94. The van der Waals surface area contributed by atoms with Gasteiger partial charge in [0.25, 0.3) is 0 Å². The molecule has 2 N–H and O–H groups in total. The maximum absolute atomic E-state index is 11.7. The minimum Gasteiger partial charge on any atom is -0.351 e. The fraction of sp³-hybridized carbons (Fsp3) is 0.923. The highest BCUT2D eigenvalue weighted by molar-refractivity contribution is 5.78. The second-order valence-corrected chi connectivity index (χ2v) is 6.38. The minimum atomic E-state index is 0.00701. The molecule has 1 atom stereocenters. The van der Waals surface area contributed by atoms with Crippen LogP contribution < -0.4 is 10.6 Å². The molecule has 1 saturated carbocycles. The largest absolute Gasteiger partial charge is 0.351 e. The molecule has 0 aromatic heterocycles. The average Bonchev–Trinajstić information content (AvgIpc) is 2.97. The topological polar surface area (TPSA) is 44.4 Å². The van der Waals surface area contributed by atoms with Crippen molar-refractivity contribution in [3.8, 4) is 0 Å². The molecule has 4 nitrogen and oxygen atoms in total. The Bertz CT molecular complexity index is 281. The molecule has 0 bridgehead atoms. The lowest BCUT2D eigenvalue weighted by atomic mass is 10.1. The van der Waals surface area contributed by atoms with Crippen LogP contribution >= 0.6 is 0 Å². The maximum Gasteiger partial charge on any atom is 0.234 e. The fourth-order valence-corrected chi connectivity index (χ4v) is 2.30. The first kappa shape index (κ1) is 12.8. The van der Waals surface area contributed by atoms with E-state index in [9.17, 15) is 4.79 Å². The zero-order chi connectivity index (χ0) is 12.5. The molecule has 1 aliphatic heterocycles. The Morgan fingerprint density at radius 1 is 1.29 bits per heavy atom. The van der Waals surface area contributed by atoms with Gasteiger partial charge in [-0.25, -0.2) is 0 Å². The molecule has 0 spiro atoms. The van der Waals surface area contributed by atoms with E-state index in [-0.39, 0.29) is 11.4 Å². The summed E-state index contributed by atoms with van der Waals surface area (Å²) in [5.41, 5.74) is 0.00701. The molecule has 17 heavy (non-hydrogen) atoms. The lowest BCUT2D eigenvalue weighted by Crippen LogP contribution is -2.46. The van der Waals surface area contributed by atoms with Gasteiger partial charge < -0.3 is 10.6 Å².